The van der Waals surface area contributed by atoms with E-state index >= 15 is 4.39 Å². The number of anilines is 2. The van der Waals surface area contributed by atoms with Gasteiger partial charge in [-0.05, 0) is 39.3 Å². The Labute approximate surface area is 166 Å². The predicted octanol–water partition coefficient (Wildman–Crippen LogP) is 1.85. The number of rotatable bonds is 5. The van der Waals surface area contributed by atoms with Crippen LogP contribution in [0.3, 0.4) is 0 Å². The first-order chi connectivity index (χ1) is 13.7. The molecule has 1 unspecified atom stereocenters. The Morgan fingerprint density at radius 2 is 2.03 bits per heavy atom. The molecule has 1 aliphatic carbocycles. The van der Waals surface area contributed by atoms with E-state index in [2.05, 4.69) is 4.90 Å². The molecule has 0 spiro atoms. The standard InChI is InChI=1S/C20H25FN4O4/c1-23(2)7-10-5-6-24(8-10)17-14(21)15(22)13-16(19(17)27)25(11-3-4-11)9-12(18(13)26)20(28)29/h9-11,27H,3-8,22H2,1-2H3,(H,28,29). The van der Waals surface area contributed by atoms with Crippen molar-refractivity contribution in [2.24, 2.45) is 5.92 Å². The van der Waals surface area contributed by atoms with Crippen molar-refractivity contribution in [3.63, 3.8) is 0 Å². The van der Waals surface area contributed by atoms with Crippen LogP contribution in [-0.2, 0) is 0 Å². The minimum atomic E-state index is -1.40. The summed E-state index contributed by atoms with van der Waals surface area (Å²) in [6, 6.07) is -0.0418. The maximum Gasteiger partial charge on any atom is 0.341 e. The zero-order valence-corrected chi connectivity index (χ0v) is 16.5. The Hall–Kier alpha value is -2.81. The second kappa shape index (κ2) is 6.91. The Kier molecular flexibility index (Phi) is 4.65. The van der Waals surface area contributed by atoms with Crippen LogP contribution < -0.4 is 16.1 Å². The number of fused-ring (bicyclic) bond motifs is 1. The smallest absolute Gasteiger partial charge is 0.341 e. The predicted molar refractivity (Wildman–Crippen MR) is 108 cm³/mol. The van der Waals surface area contributed by atoms with Gasteiger partial charge in [0.05, 0.1) is 16.6 Å². The molecule has 0 amide bonds. The number of carboxylic acids is 1. The van der Waals surface area contributed by atoms with Crippen LogP contribution in [0.1, 0.15) is 35.7 Å². The highest BCUT2D eigenvalue weighted by atomic mass is 19.1. The van der Waals surface area contributed by atoms with E-state index in [1.807, 2.05) is 14.1 Å². The average Bonchev–Trinajstić information content (AvgIpc) is 3.39. The average molecular weight is 404 g/mol. The third kappa shape index (κ3) is 3.19. The van der Waals surface area contributed by atoms with Crippen LogP contribution in [0.2, 0.25) is 0 Å². The van der Waals surface area contributed by atoms with Crippen LogP contribution in [-0.4, -0.2) is 59.4 Å². The lowest BCUT2D eigenvalue weighted by Gasteiger charge is -2.24. The number of nitrogens with two attached hydrogens (primary N) is 1. The van der Waals surface area contributed by atoms with E-state index in [0.717, 1.165) is 25.8 Å². The fourth-order valence-electron chi connectivity index (χ4n) is 4.36. The normalized spacial score (nSPS) is 19.4. The molecule has 1 aromatic heterocycles. The summed E-state index contributed by atoms with van der Waals surface area (Å²) in [6.07, 6.45) is 3.67. The van der Waals surface area contributed by atoms with Crippen LogP contribution in [0.15, 0.2) is 11.0 Å². The van der Waals surface area contributed by atoms with Gasteiger partial charge in [-0.15, -0.1) is 0 Å². The number of hydrogen-bond acceptors (Lipinski definition) is 6. The van der Waals surface area contributed by atoms with E-state index < -0.39 is 28.5 Å². The summed E-state index contributed by atoms with van der Waals surface area (Å²) in [5, 5.41) is 20.2. The van der Waals surface area contributed by atoms with E-state index in [9.17, 15) is 19.8 Å². The number of benzene rings is 1. The number of halogens is 1. The van der Waals surface area contributed by atoms with E-state index in [1.165, 1.54) is 6.20 Å². The van der Waals surface area contributed by atoms with Gasteiger partial charge in [0.15, 0.2) is 11.6 Å². The Morgan fingerprint density at radius 3 is 2.62 bits per heavy atom. The van der Waals surface area contributed by atoms with Crippen molar-refractivity contribution in [2.45, 2.75) is 25.3 Å². The van der Waals surface area contributed by atoms with E-state index in [-0.39, 0.29) is 28.4 Å². The van der Waals surface area contributed by atoms with Gasteiger partial charge in [0, 0.05) is 31.9 Å². The minimum absolute atomic E-state index is 0.00636. The number of pyridine rings is 1. The topological polar surface area (TPSA) is 112 Å². The molecule has 8 nitrogen and oxygen atoms in total. The van der Waals surface area contributed by atoms with Crippen molar-refractivity contribution in [3.8, 4) is 5.75 Å². The lowest BCUT2D eigenvalue weighted by Crippen LogP contribution is -2.27. The van der Waals surface area contributed by atoms with Gasteiger partial charge in [0.1, 0.15) is 11.3 Å². The molecule has 2 heterocycles. The lowest BCUT2D eigenvalue weighted by atomic mass is 10.1. The van der Waals surface area contributed by atoms with E-state index in [1.54, 1.807) is 9.47 Å². The van der Waals surface area contributed by atoms with Crippen LogP contribution in [0.5, 0.6) is 5.75 Å². The number of aromatic nitrogens is 1. The number of hydrogen-bond donors (Lipinski definition) is 3. The summed E-state index contributed by atoms with van der Waals surface area (Å²) in [5.74, 6) is -2.30. The molecule has 1 aliphatic heterocycles. The SMILES string of the molecule is CN(C)CC1CCN(c2c(F)c(N)c3c(=O)c(C(=O)O)cn(C4CC4)c3c2O)C1. The van der Waals surface area contributed by atoms with Gasteiger partial charge >= 0.3 is 5.97 Å². The molecule has 4 N–H and O–H groups in total. The quantitative estimate of drug-likeness (QED) is 0.515. The molecular formula is C20H25FN4O4. The molecule has 1 aromatic carbocycles. The molecule has 1 saturated carbocycles. The first-order valence-corrected chi connectivity index (χ1v) is 9.72. The van der Waals surface area contributed by atoms with Gasteiger partial charge in [-0.3, -0.25) is 4.79 Å². The molecule has 2 aromatic rings. The number of carboxylic acid groups (broad SMARTS) is 1. The number of phenols is 1. The summed E-state index contributed by atoms with van der Waals surface area (Å²) in [6.45, 7) is 1.97. The Bertz CT molecular complexity index is 1060. The monoisotopic (exact) mass is 404 g/mol. The number of carbonyl (C=O) groups is 1. The number of phenolic OH excluding ortho intramolecular Hbond substituents is 1. The fourth-order valence-corrected chi connectivity index (χ4v) is 4.36. The van der Waals surface area contributed by atoms with Crippen molar-refractivity contribution in [2.75, 3.05) is 44.4 Å². The number of nitrogen functional groups attached to an aromatic ring is 1. The van der Waals surface area contributed by atoms with Crippen molar-refractivity contribution >= 4 is 28.2 Å². The van der Waals surface area contributed by atoms with E-state index in [0.29, 0.717) is 19.0 Å². The van der Waals surface area contributed by atoms with Crippen LogP contribution >= 0.6 is 0 Å². The number of nitrogens with zero attached hydrogens (tertiary/aromatic N) is 3. The minimum Gasteiger partial charge on any atom is -0.504 e. The molecule has 29 heavy (non-hydrogen) atoms. The molecular weight excluding hydrogens is 379 g/mol. The number of aromatic hydroxyl groups is 1. The van der Waals surface area contributed by atoms with Crippen molar-refractivity contribution in [1.29, 1.82) is 0 Å². The fraction of sp³-hybridized carbons (Fsp3) is 0.500. The third-order valence-electron chi connectivity index (χ3n) is 5.79. The lowest BCUT2D eigenvalue weighted by molar-refractivity contribution is 0.0695. The summed E-state index contributed by atoms with van der Waals surface area (Å²) in [7, 11) is 3.95. The zero-order valence-electron chi connectivity index (χ0n) is 16.5. The summed E-state index contributed by atoms with van der Waals surface area (Å²) >= 11 is 0. The van der Waals surface area contributed by atoms with Crippen LogP contribution in [0, 0.1) is 11.7 Å². The second-order valence-corrected chi connectivity index (χ2v) is 8.33. The van der Waals surface area contributed by atoms with Gasteiger partial charge in [-0.2, -0.15) is 0 Å². The summed E-state index contributed by atoms with van der Waals surface area (Å²) in [5.41, 5.74) is 4.35. The van der Waals surface area contributed by atoms with Gasteiger partial charge < -0.3 is 30.3 Å². The number of aromatic carboxylic acids is 1. The van der Waals surface area contributed by atoms with Gasteiger partial charge in [-0.25, -0.2) is 9.18 Å². The molecule has 1 atom stereocenters. The Morgan fingerprint density at radius 1 is 1.34 bits per heavy atom. The highest BCUT2D eigenvalue weighted by Crippen LogP contribution is 2.46. The van der Waals surface area contributed by atoms with E-state index in [4.69, 9.17) is 5.73 Å². The summed E-state index contributed by atoms with van der Waals surface area (Å²) in [4.78, 5) is 28.1. The molecule has 2 fully saturated rings. The van der Waals surface area contributed by atoms with Crippen molar-refractivity contribution in [1.82, 2.24) is 9.47 Å². The molecule has 2 aliphatic rings. The van der Waals surface area contributed by atoms with Crippen LogP contribution in [0.25, 0.3) is 10.9 Å². The Balaban J connectivity index is 1.93. The summed E-state index contributed by atoms with van der Waals surface area (Å²) < 4.78 is 16.8. The molecule has 0 bridgehead atoms. The van der Waals surface area contributed by atoms with Crippen molar-refractivity contribution in [3.05, 3.63) is 27.8 Å². The third-order valence-corrected chi connectivity index (χ3v) is 5.79. The molecule has 9 heteroatoms. The highest BCUT2D eigenvalue weighted by molar-refractivity contribution is 6.03. The zero-order chi connectivity index (χ0) is 21.0. The van der Waals surface area contributed by atoms with Gasteiger partial charge in [0.2, 0.25) is 5.43 Å². The molecule has 1 saturated heterocycles. The first kappa shape index (κ1) is 19.5. The highest BCUT2D eigenvalue weighted by Gasteiger charge is 2.34. The van der Waals surface area contributed by atoms with Gasteiger partial charge in [-0.1, -0.05) is 0 Å². The van der Waals surface area contributed by atoms with Crippen LogP contribution in [0.4, 0.5) is 15.8 Å². The molecule has 4 rings (SSSR count). The second-order valence-electron chi connectivity index (χ2n) is 8.33. The first-order valence-electron chi connectivity index (χ1n) is 9.72. The van der Waals surface area contributed by atoms with Gasteiger partial charge in [0.25, 0.3) is 0 Å². The molecule has 156 valence electrons. The maximum atomic E-state index is 15.3. The maximum absolute atomic E-state index is 15.3. The molecule has 0 radical (unpaired) electrons. The largest absolute Gasteiger partial charge is 0.504 e. The van der Waals surface area contributed by atoms with Crippen molar-refractivity contribution < 1.29 is 19.4 Å².